The Morgan fingerprint density at radius 2 is 1.82 bits per heavy atom. The van der Waals surface area contributed by atoms with E-state index >= 15 is 0 Å². The van der Waals surface area contributed by atoms with Crippen molar-refractivity contribution in [2.75, 3.05) is 0 Å². The zero-order chi connectivity index (χ0) is 12.3. The van der Waals surface area contributed by atoms with Gasteiger partial charge < -0.3 is 5.11 Å². The van der Waals surface area contributed by atoms with E-state index in [0.717, 1.165) is 16.0 Å². The van der Waals surface area contributed by atoms with E-state index < -0.39 is 6.10 Å². The van der Waals surface area contributed by atoms with Crippen LogP contribution in [0.1, 0.15) is 24.2 Å². The molecule has 0 aliphatic rings. The molecular weight excluding hydrogens is 232 g/mol. The van der Waals surface area contributed by atoms with Crippen LogP contribution in [0.2, 0.25) is 0 Å². The highest BCUT2D eigenvalue weighted by molar-refractivity contribution is 7.99. The molecule has 2 rings (SSSR count). The second-order valence-electron chi connectivity index (χ2n) is 3.86. The van der Waals surface area contributed by atoms with Crippen LogP contribution in [0.15, 0.2) is 46.7 Å². The number of aryl methyl sites for hydroxylation is 1. The van der Waals surface area contributed by atoms with Gasteiger partial charge in [-0.25, -0.2) is 9.97 Å². The number of benzene rings is 1. The van der Waals surface area contributed by atoms with Crippen LogP contribution in [-0.2, 0) is 0 Å². The summed E-state index contributed by atoms with van der Waals surface area (Å²) in [5.41, 5.74) is 1.94. The van der Waals surface area contributed by atoms with Gasteiger partial charge in [0.2, 0.25) is 0 Å². The smallest absolute Gasteiger partial charge is 0.192 e. The molecule has 0 aliphatic heterocycles. The van der Waals surface area contributed by atoms with E-state index in [1.165, 1.54) is 11.8 Å². The summed E-state index contributed by atoms with van der Waals surface area (Å²) in [7, 11) is 0. The molecule has 1 heterocycles. The molecule has 88 valence electrons. The fraction of sp³-hybridized carbons (Fsp3) is 0.231. The van der Waals surface area contributed by atoms with Gasteiger partial charge in [-0.3, -0.25) is 0 Å². The van der Waals surface area contributed by atoms with Crippen molar-refractivity contribution in [2.24, 2.45) is 0 Å². The first-order valence-electron chi connectivity index (χ1n) is 5.40. The molecule has 1 unspecified atom stereocenters. The minimum absolute atomic E-state index is 0.482. The number of nitrogens with zero attached hydrogens (tertiary/aromatic N) is 2. The Morgan fingerprint density at radius 1 is 1.18 bits per heavy atom. The lowest BCUT2D eigenvalue weighted by Crippen LogP contribution is -1.94. The molecule has 0 amide bonds. The van der Waals surface area contributed by atoms with Gasteiger partial charge in [-0.1, -0.05) is 18.2 Å². The maximum Gasteiger partial charge on any atom is 0.192 e. The van der Waals surface area contributed by atoms with Crippen molar-refractivity contribution in [3.05, 3.63) is 47.8 Å². The van der Waals surface area contributed by atoms with Crippen molar-refractivity contribution in [3.63, 3.8) is 0 Å². The highest BCUT2D eigenvalue weighted by Crippen LogP contribution is 2.30. The molecule has 0 radical (unpaired) electrons. The average Bonchev–Trinajstić information content (AvgIpc) is 2.32. The largest absolute Gasteiger partial charge is 0.389 e. The van der Waals surface area contributed by atoms with Gasteiger partial charge in [0.15, 0.2) is 5.16 Å². The van der Waals surface area contributed by atoms with Crippen LogP contribution in [0.5, 0.6) is 0 Å². The van der Waals surface area contributed by atoms with Crippen LogP contribution in [0.3, 0.4) is 0 Å². The van der Waals surface area contributed by atoms with Gasteiger partial charge in [-0.15, -0.1) is 0 Å². The molecule has 1 aromatic heterocycles. The van der Waals surface area contributed by atoms with Crippen molar-refractivity contribution < 1.29 is 5.11 Å². The monoisotopic (exact) mass is 246 g/mol. The maximum atomic E-state index is 9.67. The second-order valence-corrected chi connectivity index (χ2v) is 4.87. The Bertz CT molecular complexity index is 497. The lowest BCUT2D eigenvalue weighted by atomic mass is 10.1. The summed E-state index contributed by atoms with van der Waals surface area (Å²) < 4.78 is 0. The molecule has 1 aromatic carbocycles. The van der Waals surface area contributed by atoms with Crippen LogP contribution in [0.25, 0.3) is 0 Å². The summed E-state index contributed by atoms with van der Waals surface area (Å²) in [4.78, 5) is 9.48. The number of aliphatic hydroxyl groups is 1. The van der Waals surface area contributed by atoms with Crippen molar-refractivity contribution in [1.29, 1.82) is 0 Å². The molecule has 1 atom stereocenters. The first kappa shape index (κ1) is 12.1. The Kier molecular flexibility index (Phi) is 3.76. The van der Waals surface area contributed by atoms with Gasteiger partial charge in [0, 0.05) is 17.3 Å². The van der Waals surface area contributed by atoms with E-state index in [4.69, 9.17) is 0 Å². The lowest BCUT2D eigenvalue weighted by Gasteiger charge is -2.10. The number of hydrogen-bond donors (Lipinski definition) is 1. The molecular formula is C13H14N2OS. The number of hydrogen-bond acceptors (Lipinski definition) is 4. The van der Waals surface area contributed by atoms with Gasteiger partial charge >= 0.3 is 0 Å². The summed E-state index contributed by atoms with van der Waals surface area (Å²) in [6, 6.07) is 7.75. The predicted molar refractivity (Wildman–Crippen MR) is 68.0 cm³/mol. The maximum absolute atomic E-state index is 9.67. The standard InChI is InChI=1S/C13H14N2OS/c1-9-7-14-13(15-8-9)17-12-6-4-3-5-11(12)10(2)16/h3-8,10,16H,1-2H3. The van der Waals surface area contributed by atoms with Crippen LogP contribution in [-0.4, -0.2) is 15.1 Å². The fourth-order valence-corrected chi connectivity index (χ4v) is 2.36. The Hall–Kier alpha value is -1.39. The number of rotatable bonds is 3. The van der Waals surface area contributed by atoms with E-state index in [9.17, 15) is 5.11 Å². The molecule has 0 spiro atoms. The Morgan fingerprint density at radius 3 is 2.47 bits per heavy atom. The number of aromatic nitrogens is 2. The summed E-state index contributed by atoms with van der Waals surface area (Å²) >= 11 is 1.47. The highest BCUT2D eigenvalue weighted by atomic mass is 32.2. The topological polar surface area (TPSA) is 46.0 Å². The van der Waals surface area contributed by atoms with E-state index in [-0.39, 0.29) is 0 Å². The van der Waals surface area contributed by atoms with Crippen LogP contribution < -0.4 is 0 Å². The predicted octanol–water partition coefficient (Wildman–Crippen LogP) is 2.99. The van der Waals surface area contributed by atoms with Gasteiger partial charge in [-0.05, 0) is 42.8 Å². The van der Waals surface area contributed by atoms with Crippen LogP contribution in [0.4, 0.5) is 0 Å². The molecule has 0 bridgehead atoms. The molecule has 17 heavy (non-hydrogen) atoms. The number of aliphatic hydroxyl groups excluding tert-OH is 1. The molecule has 4 heteroatoms. The Balaban J connectivity index is 2.26. The summed E-state index contributed by atoms with van der Waals surface area (Å²) in [6.07, 6.45) is 3.10. The highest BCUT2D eigenvalue weighted by Gasteiger charge is 2.09. The van der Waals surface area contributed by atoms with Crippen LogP contribution in [0, 0.1) is 6.92 Å². The lowest BCUT2D eigenvalue weighted by molar-refractivity contribution is 0.196. The molecule has 0 fully saturated rings. The average molecular weight is 246 g/mol. The summed E-state index contributed by atoms with van der Waals surface area (Å²) in [6.45, 7) is 3.72. The molecule has 0 aliphatic carbocycles. The fourth-order valence-electron chi connectivity index (χ4n) is 1.45. The first-order valence-corrected chi connectivity index (χ1v) is 6.22. The zero-order valence-electron chi connectivity index (χ0n) is 9.79. The van der Waals surface area contributed by atoms with Crippen LogP contribution >= 0.6 is 11.8 Å². The normalized spacial score (nSPS) is 12.4. The SMILES string of the molecule is Cc1cnc(Sc2ccccc2C(C)O)nc1. The molecule has 1 N–H and O–H groups in total. The zero-order valence-corrected chi connectivity index (χ0v) is 10.6. The van der Waals surface area contributed by atoms with E-state index in [1.807, 2.05) is 31.2 Å². The van der Waals surface area contributed by atoms with Gasteiger partial charge in [0.1, 0.15) is 0 Å². The minimum atomic E-state index is -0.482. The summed E-state index contributed by atoms with van der Waals surface area (Å²) in [5, 5.41) is 10.4. The third kappa shape index (κ3) is 3.05. The minimum Gasteiger partial charge on any atom is -0.389 e. The first-order chi connectivity index (χ1) is 8.16. The van der Waals surface area contributed by atoms with Gasteiger partial charge in [-0.2, -0.15) is 0 Å². The van der Waals surface area contributed by atoms with Gasteiger partial charge in [0.25, 0.3) is 0 Å². The molecule has 0 saturated carbocycles. The van der Waals surface area contributed by atoms with Crippen molar-refractivity contribution in [1.82, 2.24) is 9.97 Å². The third-order valence-electron chi connectivity index (χ3n) is 2.33. The molecule has 3 nitrogen and oxygen atoms in total. The molecule has 0 saturated heterocycles. The summed E-state index contributed by atoms with van der Waals surface area (Å²) in [5.74, 6) is 0. The van der Waals surface area contributed by atoms with Crippen molar-refractivity contribution in [2.45, 2.75) is 30.0 Å². The van der Waals surface area contributed by atoms with Crippen molar-refractivity contribution >= 4 is 11.8 Å². The van der Waals surface area contributed by atoms with E-state index in [0.29, 0.717) is 5.16 Å². The Labute approximate surface area is 105 Å². The second kappa shape index (κ2) is 5.29. The van der Waals surface area contributed by atoms with Gasteiger partial charge in [0.05, 0.1) is 6.10 Å². The third-order valence-corrected chi connectivity index (χ3v) is 3.31. The van der Waals surface area contributed by atoms with Crippen molar-refractivity contribution in [3.8, 4) is 0 Å². The van der Waals surface area contributed by atoms with E-state index in [1.54, 1.807) is 19.3 Å². The quantitative estimate of drug-likeness (QED) is 0.846. The molecule has 2 aromatic rings. The van der Waals surface area contributed by atoms with E-state index in [2.05, 4.69) is 9.97 Å².